The second kappa shape index (κ2) is 7.05. The van der Waals surface area contributed by atoms with Gasteiger partial charge in [0.1, 0.15) is 5.75 Å². The zero-order valence-corrected chi connectivity index (χ0v) is 13.8. The third-order valence-corrected chi connectivity index (χ3v) is 4.74. The number of carbonyl (C=O) groups excluding carboxylic acids is 1. The molecular formula is C19H20ClNO2. The Labute approximate surface area is 141 Å². The van der Waals surface area contributed by atoms with E-state index in [2.05, 4.69) is 5.32 Å². The number of carbonyl (C=O) groups is 1. The Morgan fingerprint density at radius 1 is 1.30 bits per heavy atom. The molecule has 0 radical (unpaired) electrons. The number of allylic oxidation sites excluding steroid dienone is 3. The fourth-order valence-electron chi connectivity index (χ4n) is 3.09. The number of ether oxygens (including phenoxy) is 1. The van der Waals surface area contributed by atoms with Crippen molar-refractivity contribution in [3.63, 3.8) is 0 Å². The zero-order chi connectivity index (χ0) is 16.2. The van der Waals surface area contributed by atoms with Gasteiger partial charge in [0, 0.05) is 23.4 Å². The normalized spacial score (nSPS) is 25.9. The van der Waals surface area contributed by atoms with Crippen LogP contribution in [0.1, 0.15) is 24.8 Å². The molecule has 0 amide bonds. The van der Waals surface area contributed by atoms with E-state index in [4.69, 9.17) is 16.3 Å². The maximum absolute atomic E-state index is 12.3. The molecular weight excluding hydrogens is 310 g/mol. The van der Waals surface area contributed by atoms with Crippen molar-refractivity contribution in [2.45, 2.75) is 24.6 Å². The quantitative estimate of drug-likeness (QED) is 0.850. The molecule has 4 heteroatoms. The van der Waals surface area contributed by atoms with Crippen molar-refractivity contribution >= 4 is 23.5 Å². The standard InChI is InChI=1S/C19H20ClNO2/c1-23-18-8-3-2-5-14(18)12-15-11-13(9-10-21-15)16-6-4-7-17(20)19(16)22/h2-3,5,8-12,16-17,21H,4,6-7H2,1H3. The van der Waals surface area contributed by atoms with Crippen LogP contribution in [-0.4, -0.2) is 18.3 Å². The lowest BCUT2D eigenvalue weighted by Gasteiger charge is -2.26. The number of benzene rings is 1. The van der Waals surface area contributed by atoms with Gasteiger partial charge in [-0.1, -0.05) is 24.6 Å². The fourth-order valence-corrected chi connectivity index (χ4v) is 3.40. The van der Waals surface area contributed by atoms with Crippen molar-refractivity contribution in [2.24, 2.45) is 5.92 Å². The lowest BCUT2D eigenvalue weighted by molar-refractivity contribution is -0.122. The number of ketones is 1. The number of hydrogen-bond acceptors (Lipinski definition) is 3. The zero-order valence-electron chi connectivity index (χ0n) is 13.1. The van der Waals surface area contributed by atoms with Crippen LogP contribution in [0.4, 0.5) is 0 Å². The van der Waals surface area contributed by atoms with Crippen LogP contribution in [0, 0.1) is 5.92 Å². The summed E-state index contributed by atoms with van der Waals surface area (Å²) < 4.78 is 5.38. The van der Waals surface area contributed by atoms with Crippen LogP contribution in [-0.2, 0) is 4.79 Å². The summed E-state index contributed by atoms with van der Waals surface area (Å²) in [6.45, 7) is 0. The first-order chi connectivity index (χ1) is 11.2. The van der Waals surface area contributed by atoms with Crippen molar-refractivity contribution in [1.82, 2.24) is 5.32 Å². The molecule has 1 aliphatic heterocycles. The smallest absolute Gasteiger partial charge is 0.158 e. The summed E-state index contributed by atoms with van der Waals surface area (Å²) in [5, 5.41) is 2.87. The van der Waals surface area contributed by atoms with E-state index < -0.39 is 0 Å². The molecule has 0 bridgehead atoms. The SMILES string of the molecule is COc1ccccc1C=C1C=C(C2CCCC(Cl)C2=O)C=CN1. The Balaban J connectivity index is 1.88. The number of Topliss-reactive ketones (excluding diaryl/α,β-unsaturated/α-hetero) is 1. The Hall–Kier alpha value is -2.00. The topological polar surface area (TPSA) is 38.3 Å². The minimum absolute atomic E-state index is 0.0920. The highest BCUT2D eigenvalue weighted by Crippen LogP contribution is 2.32. The minimum Gasteiger partial charge on any atom is -0.496 e. The average Bonchev–Trinajstić information content (AvgIpc) is 2.58. The lowest BCUT2D eigenvalue weighted by atomic mass is 9.81. The molecule has 2 atom stereocenters. The number of halogens is 1. The molecule has 23 heavy (non-hydrogen) atoms. The number of nitrogens with one attached hydrogen (secondary N) is 1. The maximum Gasteiger partial charge on any atom is 0.158 e. The molecule has 2 aliphatic rings. The number of methoxy groups -OCH3 is 1. The van der Waals surface area contributed by atoms with Crippen LogP contribution in [0.3, 0.4) is 0 Å². The van der Waals surface area contributed by atoms with Gasteiger partial charge in [-0.3, -0.25) is 4.79 Å². The maximum atomic E-state index is 12.3. The van der Waals surface area contributed by atoms with Gasteiger partial charge >= 0.3 is 0 Å². The first-order valence-corrected chi connectivity index (χ1v) is 8.30. The molecule has 120 valence electrons. The summed E-state index contributed by atoms with van der Waals surface area (Å²) in [7, 11) is 1.66. The van der Waals surface area contributed by atoms with Crippen LogP contribution in [0.5, 0.6) is 5.75 Å². The molecule has 1 N–H and O–H groups in total. The first-order valence-electron chi connectivity index (χ1n) is 7.86. The van der Waals surface area contributed by atoms with E-state index in [9.17, 15) is 4.79 Å². The summed E-state index contributed by atoms with van der Waals surface area (Å²) in [6.07, 6.45) is 10.6. The predicted octanol–water partition coefficient (Wildman–Crippen LogP) is 4.06. The molecule has 1 aromatic rings. The highest BCUT2D eigenvalue weighted by Gasteiger charge is 2.31. The van der Waals surface area contributed by atoms with E-state index in [0.29, 0.717) is 0 Å². The lowest BCUT2D eigenvalue weighted by Crippen LogP contribution is -2.30. The molecule has 1 aliphatic carbocycles. The van der Waals surface area contributed by atoms with Gasteiger partial charge in [0.15, 0.2) is 5.78 Å². The molecule has 0 spiro atoms. The van der Waals surface area contributed by atoms with Crippen LogP contribution < -0.4 is 10.1 Å². The largest absolute Gasteiger partial charge is 0.496 e. The molecule has 0 saturated heterocycles. The molecule has 1 aromatic carbocycles. The Morgan fingerprint density at radius 2 is 2.13 bits per heavy atom. The molecule has 1 heterocycles. The van der Waals surface area contributed by atoms with E-state index in [1.165, 1.54) is 0 Å². The third-order valence-electron chi connectivity index (χ3n) is 4.30. The van der Waals surface area contributed by atoms with Crippen LogP contribution in [0.2, 0.25) is 0 Å². The second-order valence-electron chi connectivity index (χ2n) is 5.82. The second-order valence-corrected chi connectivity index (χ2v) is 6.34. The van der Waals surface area contributed by atoms with Gasteiger partial charge in [-0.25, -0.2) is 0 Å². The van der Waals surface area contributed by atoms with Crippen LogP contribution >= 0.6 is 11.6 Å². The van der Waals surface area contributed by atoms with E-state index in [-0.39, 0.29) is 17.1 Å². The highest BCUT2D eigenvalue weighted by atomic mass is 35.5. The van der Waals surface area contributed by atoms with Gasteiger partial charge in [-0.05, 0) is 42.7 Å². The molecule has 1 saturated carbocycles. The number of rotatable bonds is 3. The Bertz CT molecular complexity index is 690. The van der Waals surface area contributed by atoms with Gasteiger partial charge in [-0.2, -0.15) is 0 Å². The number of para-hydroxylation sites is 1. The monoisotopic (exact) mass is 329 g/mol. The number of alkyl halides is 1. The van der Waals surface area contributed by atoms with Crippen LogP contribution in [0.25, 0.3) is 6.08 Å². The average molecular weight is 330 g/mol. The van der Waals surface area contributed by atoms with Crippen molar-refractivity contribution in [3.8, 4) is 5.75 Å². The summed E-state index contributed by atoms with van der Waals surface area (Å²) >= 11 is 6.14. The summed E-state index contributed by atoms with van der Waals surface area (Å²) in [5.41, 5.74) is 2.96. The molecule has 2 unspecified atom stereocenters. The van der Waals surface area contributed by atoms with Gasteiger partial charge in [0.2, 0.25) is 0 Å². The van der Waals surface area contributed by atoms with E-state index in [1.807, 2.05) is 48.7 Å². The summed E-state index contributed by atoms with van der Waals surface area (Å²) in [6, 6.07) is 7.84. The van der Waals surface area contributed by atoms with Crippen molar-refractivity contribution in [3.05, 3.63) is 59.5 Å². The van der Waals surface area contributed by atoms with Gasteiger partial charge in [-0.15, -0.1) is 11.6 Å². The number of hydrogen-bond donors (Lipinski definition) is 1. The molecule has 1 fully saturated rings. The van der Waals surface area contributed by atoms with Crippen molar-refractivity contribution < 1.29 is 9.53 Å². The molecule has 0 aromatic heterocycles. The summed E-state index contributed by atoms with van der Waals surface area (Å²) in [5.74, 6) is 0.874. The number of dihydropyridines is 1. The van der Waals surface area contributed by atoms with E-state index in [1.54, 1.807) is 7.11 Å². The van der Waals surface area contributed by atoms with Crippen LogP contribution in [0.15, 0.2) is 53.9 Å². The summed E-state index contributed by atoms with van der Waals surface area (Å²) in [4.78, 5) is 12.3. The van der Waals surface area contributed by atoms with Gasteiger partial charge < -0.3 is 10.1 Å². The molecule has 3 nitrogen and oxygen atoms in total. The third kappa shape index (κ3) is 3.50. The van der Waals surface area contributed by atoms with Crippen molar-refractivity contribution in [1.29, 1.82) is 0 Å². The Kier molecular flexibility index (Phi) is 4.87. The predicted molar refractivity (Wildman–Crippen MR) is 93.3 cm³/mol. The first kappa shape index (κ1) is 15.9. The van der Waals surface area contributed by atoms with Crippen molar-refractivity contribution in [2.75, 3.05) is 7.11 Å². The minimum atomic E-state index is -0.348. The van der Waals surface area contributed by atoms with E-state index in [0.717, 1.165) is 41.8 Å². The Morgan fingerprint density at radius 3 is 2.96 bits per heavy atom. The van der Waals surface area contributed by atoms with E-state index >= 15 is 0 Å². The van der Waals surface area contributed by atoms with Gasteiger partial charge in [0.25, 0.3) is 0 Å². The molecule has 3 rings (SSSR count). The fraction of sp³-hybridized carbons (Fsp3) is 0.316. The highest BCUT2D eigenvalue weighted by molar-refractivity contribution is 6.31. The van der Waals surface area contributed by atoms with Gasteiger partial charge in [0.05, 0.1) is 12.5 Å².